The average molecular weight is 162 g/mol. The smallest absolute Gasteiger partial charge is 0.315 e. The third-order valence-electron chi connectivity index (χ3n) is 0.913. The molecule has 0 aromatic carbocycles. The van der Waals surface area contributed by atoms with Crippen LogP contribution in [0.5, 0.6) is 0 Å². The standard InChI is InChI=1S/C6H8F2N2O/c1-6(2,3-9)10-5(11)4(7)8/h4H,1-2H3,(H,10,11). The van der Waals surface area contributed by atoms with Crippen molar-refractivity contribution in [1.82, 2.24) is 5.32 Å². The zero-order valence-electron chi connectivity index (χ0n) is 6.19. The maximum absolute atomic E-state index is 11.6. The summed E-state index contributed by atoms with van der Waals surface area (Å²) in [6.07, 6.45) is -3.07. The molecule has 0 aromatic rings. The van der Waals surface area contributed by atoms with Crippen LogP contribution in [0.1, 0.15) is 13.8 Å². The van der Waals surface area contributed by atoms with Gasteiger partial charge in [-0.2, -0.15) is 14.0 Å². The van der Waals surface area contributed by atoms with Gasteiger partial charge >= 0.3 is 6.43 Å². The number of carbonyl (C=O) groups is 1. The first kappa shape index (κ1) is 9.82. The molecule has 1 N–H and O–H groups in total. The SMILES string of the molecule is CC(C)(C#N)NC(=O)C(F)F. The predicted octanol–water partition coefficient (Wildman–Crippen LogP) is 0.670. The summed E-state index contributed by atoms with van der Waals surface area (Å²) in [5.41, 5.74) is -1.23. The van der Waals surface area contributed by atoms with Gasteiger partial charge in [-0.25, -0.2) is 0 Å². The second-order valence-electron chi connectivity index (χ2n) is 2.53. The van der Waals surface area contributed by atoms with Gasteiger partial charge in [-0.3, -0.25) is 4.79 Å². The van der Waals surface area contributed by atoms with E-state index in [0.717, 1.165) is 0 Å². The molecule has 0 radical (unpaired) electrons. The lowest BCUT2D eigenvalue weighted by Gasteiger charge is -2.16. The molecule has 0 fully saturated rings. The molecule has 1 amide bonds. The van der Waals surface area contributed by atoms with Crippen LogP contribution in [0.2, 0.25) is 0 Å². The van der Waals surface area contributed by atoms with E-state index in [0.29, 0.717) is 0 Å². The lowest BCUT2D eigenvalue weighted by Crippen LogP contribution is -2.44. The first-order chi connectivity index (χ1) is 4.89. The zero-order valence-corrected chi connectivity index (χ0v) is 6.19. The number of nitrogens with zero attached hydrogens (tertiary/aromatic N) is 1. The highest BCUT2D eigenvalue weighted by atomic mass is 19.3. The Labute approximate surface area is 63.0 Å². The molecule has 5 heteroatoms. The first-order valence-corrected chi connectivity index (χ1v) is 2.90. The maximum Gasteiger partial charge on any atom is 0.315 e. The van der Waals surface area contributed by atoms with E-state index in [1.54, 1.807) is 6.07 Å². The van der Waals surface area contributed by atoms with Crippen molar-refractivity contribution in [2.24, 2.45) is 0 Å². The zero-order chi connectivity index (χ0) is 9.07. The van der Waals surface area contributed by atoms with Crippen molar-refractivity contribution in [3.63, 3.8) is 0 Å². The van der Waals surface area contributed by atoms with Gasteiger partial charge in [0.05, 0.1) is 6.07 Å². The summed E-state index contributed by atoms with van der Waals surface area (Å²) in [5, 5.41) is 10.2. The van der Waals surface area contributed by atoms with Crippen LogP contribution in [-0.4, -0.2) is 17.9 Å². The number of alkyl halides is 2. The van der Waals surface area contributed by atoms with E-state index in [4.69, 9.17) is 5.26 Å². The molecule has 0 aliphatic rings. The Morgan fingerprint density at radius 3 is 2.36 bits per heavy atom. The van der Waals surface area contributed by atoms with Gasteiger partial charge in [-0.15, -0.1) is 0 Å². The van der Waals surface area contributed by atoms with Crippen molar-refractivity contribution in [2.45, 2.75) is 25.8 Å². The normalized spacial score (nSPS) is 10.9. The number of amides is 1. The molecule has 0 unspecified atom stereocenters. The summed E-state index contributed by atoms with van der Waals surface area (Å²) in [6, 6.07) is 1.66. The van der Waals surface area contributed by atoms with E-state index in [1.807, 2.05) is 5.32 Å². The third kappa shape index (κ3) is 3.50. The maximum atomic E-state index is 11.6. The predicted molar refractivity (Wildman–Crippen MR) is 33.8 cm³/mol. The topological polar surface area (TPSA) is 52.9 Å². The fourth-order valence-electron chi connectivity index (χ4n) is 0.391. The molecule has 0 heterocycles. The van der Waals surface area contributed by atoms with Crippen LogP contribution in [-0.2, 0) is 4.79 Å². The number of hydrogen-bond donors (Lipinski definition) is 1. The van der Waals surface area contributed by atoms with Gasteiger partial charge in [0.15, 0.2) is 0 Å². The van der Waals surface area contributed by atoms with Crippen molar-refractivity contribution in [2.75, 3.05) is 0 Å². The Morgan fingerprint density at radius 1 is 1.64 bits per heavy atom. The van der Waals surface area contributed by atoms with E-state index >= 15 is 0 Å². The van der Waals surface area contributed by atoms with Gasteiger partial charge in [-0.1, -0.05) is 0 Å². The van der Waals surface area contributed by atoms with E-state index in [9.17, 15) is 13.6 Å². The molecule has 0 bridgehead atoms. The lowest BCUT2D eigenvalue weighted by atomic mass is 10.1. The van der Waals surface area contributed by atoms with Gasteiger partial charge in [0.1, 0.15) is 5.54 Å². The first-order valence-electron chi connectivity index (χ1n) is 2.90. The molecule has 11 heavy (non-hydrogen) atoms. The lowest BCUT2D eigenvalue weighted by molar-refractivity contribution is -0.132. The van der Waals surface area contributed by atoms with Crippen LogP contribution in [0.4, 0.5) is 8.78 Å². The van der Waals surface area contributed by atoms with Crippen molar-refractivity contribution in [1.29, 1.82) is 5.26 Å². The summed E-state index contributed by atoms with van der Waals surface area (Å²) in [4.78, 5) is 10.3. The van der Waals surface area contributed by atoms with Crippen molar-refractivity contribution in [3.05, 3.63) is 0 Å². The minimum Gasteiger partial charge on any atom is -0.333 e. The Balaban J connectivity index is 4.08. The van der Waals surface area contributed by atoms with Crippen LogP contribution in [0.3, 0.4) is 0 Å². The van der Waals surface area contributed by atoms with Crippen molar-refractivity contribution >= 4 is 5.91 Å². The van der Waals surface area contributed by atoms with Crippen molar-refractivity contribution < 1.29 is 13.6 Å². The molecule has 0 spiro atoms. The summed E-state index contributed by atoms with van der Waals surface area (Å²) in [6.45, 7) is 2.68. The number of carbonyl (C=O) groups excluding carboxylic acids is 1. The fraction of sp³-hybridized carbons (Fsp3) is 0.667. The van der Waals surface area contributed by atoms with Gasteiger partial charge in [0.2, 0.25) is 0 Å². The van der Waals surface area contributed by atoms with Gasteiger partial charge in [0.25, 0.3) is 5.91 Å². The fourth-order valence-corrected chi connectivity index (χ4v) is 0.391. The molecule has 0 aromatic heterocycles. The number of hydrogen-bond acceptors (Lipinski definition) is 2. The molecule has 0 saturated carbocycles. The summed E-state index contributed by atoms with van der Waals surface area (Å²) in [5.74, 6) is -1.42. The van der Waals surface area contributed by atoms with E-state index < -0.39 is 17.9 Å². The van der Waals surface area contributed by atoms with E-state index in [1.165, 1.54) is 13.8 Å². The monoisotopic (exact) mass is 162 g/mol. The molecule has 0 aliphatic carbocycles. The average Bonchev–Trinajstić information content (AvgIpc) is 1.87. The molecule has 0 atom stereocenters. The molecule has 0 aliphatic heterocycles. The van der Waals surface area contributed by atoms with Crippen LogP contribution in [0.15, 0.2) is 0 Å². The quantitative estimate of drug-likeness (QED) is 0.648. The second kappa shape index (κ2) is 3.28. The summed E-state index contributed by atoms with van der Waals surface area (Å²) < 4.78 is 23.1. The van der Waals surface area contributed by atoms with E-state index in [2.05, 4.69) is 0 Å². The minimum absolute atomic E-state index is 1.23. The number of halogens is 2. The van der Waals surface area contributed by atoms with Crippen LogP contribution in [0.25, 0.3) is 0 Å². The third-order valence-corrected chi connectivity index (χ3v) is 0.913. The number of nitrogens with one attached hydrogen (secondary N) is 1. The second-order valence-corrected chi connectivity index (χ2v) is 2.53. The Hall–Kier alpha value is -1.18. The van der Waals surface area contributed by atoms with E-state index in [-0.39, 0.29) is 0 Å². The highest BCUT2D eigenvalue weighted by Gasteiger charge is 2.24. The van der Waals surface area contributed by atoms with Gasteiger partial charge in [0, 0.05) is 0 Å². The molecule has 0 rings (SSSR count). The number of nitriles is 1. The Kier molecular flexibility index (Phi) is 2.93. The summed E-state index contributed by atoms with van der Waals surface area (Å²) >= 11 is 0. The van der Waals surface area contributed by atoms with Gasteiger partial charge < -0.3 is 5.32 Å². The minimum atomic E-state index is -3.07. The highest BCUT2D eigenvalue weighted by Crippen LogP contribution is 2.01. The Morgan fingerprint density at radius 2 is 2.09 bits per heavy atom. The largest absolute Gasteiger partial charge is 0.333 e. The molecule has 0 saturated heterocycles. The Bertz CT molecular complexity index is 195. The molecular formula is C6H8F2N2O. The number of rotatable bonds is 2. The van der Waals surface area contributed by atoms with Crippen LogP contribution < -0.4 is 5.32 Å². The molecule has 3 nitrogen and oxygen atoms in total. The molecular weight excluding hydrogens is 154 g/mol. The molecule has 62 valence electrons. The van der Waals surface area contributed by atoms with Crippen LogP contribution in [0, 0.1) is 11.3 Å². The van der Waals surface area contributed by atoms with Crippen LogP contribution >= 0.6 is 0 Å². The highest BCUT2D eigenvalue weighted by molar-refractivity contribution is 5.80. The summed E-state index contributed by atoms with van der Waals surface area (Å²) in [7, 11) is 0. The van der Waals surface area contributed by atoms with Crippen molar-refractivity contribution in [3.8, 4) is 6.07 Å². The van der Waals surface area contributed by atoms with Gasteiger partial charge in [-0.05, 0) is 13.8 Å².